The Hall–Kier alpha value is -3.34. The van der Waals surface area contributed by atoms with Crippen molar-refractivity contribution in [1.82, 2.24) is 4.98 Å². The van der Waals surface area contributed by atoms with E-state index in [0.717, 1.165) is 22.7 Å². The smallest absolute Gasteiger partial charge is 0.276 e. The van der Waals surface area contributed by atoms with Crippen molar-refractivity contribution in [3.63, 3.8) is 0 Å². The number of amides is 1. The molecule has 1 N–H and O–H groups in total. The second-order valence-electron chi connectivity index (χ2n) is 5.79. The van der Waals surface area contributed by atoms with Gasteiger partial charge in [0.25, 0.3) is 5.91 Å². The van der Waals surface area contributed by atoms with Gasteiger partial charge in [0.2, 0.25) is 0 Å². The number of carbonyl (C=O) groups excluding carboxylic acids is 1. The van der Waals surface area contributed by atoms with Crippen molar-refractivity contribution in [3.8, 4) is 5.75 Å². The molecule has 0 spiro atoms. The molecule has 1 heterocycles. The number of pyridine rings is 1. The second kappa shape index (κ2) is 8.16. The molecule has 0 aliphatic carbocycles. The highest BCUT2D eigenvalue weighted by Gasteiger charge is 2.15. The largest absolute Gasteiger partial charge is 0.496 e. The summed E-state index contributed by atoms with van der Waals surface area (Å²) in [7, 11) is 3.40. The minimum Gasteiger partial charge on any atom is -0.496 e. The average Bonchev–Trinajstić information content (AvgIpc) is 2.72. The molecule has 0 saturated heterocycles. The molecular formula is C21H21N3O2. The van der Waals surface area contributed by atoms with Crippen LogP contribution in [0.3, 0.4) is 0 Å². The van der Waals surface area contributed by atoms with Crippen LogP contribution in [-0.2, 0) is 6.54 Å². The van der Waals surface area contributed by atoms with E-state index in [-0.39, 0.29) is 5.91 Å². The minimum absolute atomic E-state index is 0.155. The summed E-state index contributed by atoms with van der Waals surface area (Å²) in [5.74, 6) is 0.673. The number of carbonyl (C=O) groups is 1. The first-order valence-corrected chi connectivity index (χ1v) is 8.34. The first-order chi connectivity index (χ1) is 12.7. The van der Waals surface area contributed by atoms with Crippen LogP contribution in [0.15, 0.2) is 72.9 Å². The SMILES string of the molecule is COc1ccccc1CNc1ccnc(C(=O)N(C)c2ccccc2)c1. The van der Waals surface area contributed by atoms with Gasteiger partial charge in [-0.05, 0) is 30.3 Å². The molecule has 0 atom stereocenters. The molecular weight excluding hydrogens is 326 g/mol. The fourth-order valence-electron chi connectivity index (χ4n) is 2.64. The topological polar surface area (TPSA) is 54.5 Å². The van der Waals surface area contributed by atoms with Gasteiger partial charge < -0.3 is 15.0 Å². The lowest BCUT2D eigenvalue weighted by atomic mass is 10.2. The van der Waals surface area contributed by atoms with E-state index in [9.17, 15) is 4.79 Å². The summed E-state index contributed by atoms with van der Waals surface area (Å²) < 4.78 is 5.36. The van der Waals surface area contributed by atoms with E-state index in [1.165, 1.54) is 0 Å². The molecule has 1 amide bonds. The Kier molecular flexibility index (Phi) is 5.49. The maximum Gasteiger partial charge on any atom is 0.276 e. The maximum atomic E-state index is 12.7. The van der Waals surface area contributed by atoms with E-state index < -0.39 is 0 Å². The van der Waals surface area contributed by atoms with Crippen LogP contribution in [0.4, 0.5) is 11.4 Å². The van der Waals surface area contributed by atoms with E-state index >= 15 is 0 Å². The lowest BCUT2D eigenvalue weighted by Gasteiger charge is -2.17. The zero-order valence-corrected chi connectivity index (χ0v) is 14.8. The highest BCUT2D eigenvalue weighted by molar-refractivity contribution is 6.04. The number of anilines is 2. The molecule has 0 unspecified atom stereocenters. The summed E-state index contributed by atoms with van der Waals surface area (Å²) in [4.78, 5) is 18.5. The van der Waals surface area contributed by atoms with Gasteiger partial charge in [0, 0.05) is 36.7 Å². The van der Waals surface area contributed by atoms with Crippen LogP contribution in [0.25, 0.3) is 0 Å². The van der Waals surface area contributed by atoms with Crippen molar-refractivity contribution in [2.24, 2.45) is 0 Å². The van der Waals surface area contributed by atoms with Gasteiger partial charge in [-0.1, -0.05) is 36.4 Å². The van der Waals surface area contributed by atoms with Crippen LogP contribution in [0.1, 0.15) is 16.1 Å². The lowest BCUT2D eigenvalue weighted by Crippen LogP contribution is -2.27. The van der Waals surface area contributed by atoms with E-state index in [2.05, 4.69) is 10.3 Å². The standard InChI is InChI=1S/C21H21N3O2/c1-24(18-9-4-3-5-10-18)21(25)19-14-17(12-13-22-19)23-15-16-8-6-7-11-20(16)26-2/h3-14H,15H2,1-2H3,(H,22,23). The van der Waals surface area contributed by atoms with Crippen LogP contribution in [0, 0.1) is 0 Å². The molecule has 132 valence electrons. The van der Waals surface area contributed by atoms with E-state index in [0.29, 0.717) is 12.2 Å². The number of hydrogen-bond donors (Lipinski definition) is 1. The molecule has 2 aromatic carbocycles. The van der Waals surface area contributed by atoms with Crippen LogP contribution in [0.2, 0.25) is 0 Å². The van der Waals surface area contributed by atoms with Crippen LogP contribution < -0.4 is 15.0 Å². The Morgan fingerprint density at radius 3 is 2.58 bits per heavy atom. The summed E-state index contributed by atoms with van der Waals surface area (Å²) in [6, 6.07) is 20.9. The van der Waals surface area contributed by atoms with Gasteiger partial charge in [0.15, 0.2) is 0 Å². The summed E-state index contributed by atoms with van der Waals surface area (Å²) in [5, 5.41) is 3.32. The fraction of sp³-hybridized carbons (Fsp3) is 0.143. The number of benzene rings is 2. The van der Waals surface area contributed by atoms with Gasteiger partial charge in [-0.3, -0.25) is 9.78 Å². The van der Waals surface area contributed by atoms with Gasteiger partial charge >= 0.3 is 0 Å². The Labute approximate surface area is 153 Å². The molecule has 0 radical (unpaired) electrons. The molecule has 26 heavy (non-hydrogen) atoms. The number of para-hydroxylation sites is 2. The average molecular weight is 347 g/mol. The molecule has 0 bridgehead atoms. The highest BCUT2D eigenvalue weighted by Crippen LogP contribution is 2.20. The van der Waals surface area contributed by atoms with E-state index in [4.69, 9.17) is 4.74 Å². The number of nitrogens with zero attached hydrogens (tertiary/aromatic N) is 2. The number of rotatable bonds is 6. The van der Waals surface area contributed by atoms with Gasteiger partial charge in [0.1, 0.15) is 11.4 Å². The third-order valence-corrected chi connectivity index (χ3v) is 4.10. The molecule has 0 saturated carbocycles. The zero-order valence-electron chi connectivity index (χ0n) is 14.8. The Balaban J connectivity index is 1.73. The van der Waals surface area contributed by atoms with Crippen molar-refractivity contribution < 1.29 is 9.53 Å². The van der Waals surface area contributed by atoms with Crippen LogP contribution >= 0.6 is 0 Å². The molecule has 0 fully saturated rings. The monoisotopic (exact) mass is 347 g/mol. The van der Waals surface area contributed by atoms with E-state index in [1.54, 1.807) is 31.3 Å². The van der Waals surface area contributed by atoms with E-state index in [1.807, 2.05) is 60.7 Å². The predicted molar refractivity (Wildman–Crippen MR) is 104 cm³/mol. The second-order valence-corrected chi connectivity index (χ2v) is 5.79. The first-order valence-electron chi connectivity index (χ1n) is 8.34. The predicted octanol–water partition coefficient (Wildman–Crippen LogP) is 3.98. The number of ether oxygens (including phenoxy) is 1. The third kappa shape index (κ3) is 4.00. The summed E-state index contributed by atoms with van der Waals surface area (Å²) in [6.07, 6.45) is 1.64. The Morgan fingerprint density at radius 2 is 1.81 bits per heavy atom. The van der Waals surface area contributed by atoms with Crippen LogP contribution in [0.5, 0.6) is 5.75 Å². The van der Waals surface area contributed by atoms with Crippen molar-refractivity contribution in [2.75, 3.05) is 24.4 Å². The molecule has 1 aromatic heterocycles. The maximum absolute atomic E-state index is 12.7. The van der Waals surface area contributed by atoms with Crippen molar-refractivity contribution in [1.29, 1.82) is 0 Å². The number of hydrogen-bond acceptors (Lipinski definition) is 4. The quantitative estimate of drug-likeness (QED) is 0.733. The zero-order chi connectivity index (χ0) is 18.4. The van der Waals surface area contributed by atoms with Crippen molar-refractivity contribution in [3.05, 3.63) is 84.2 Å². The number of aromatic nitrogens is 1. The number of nitrogens with one attached hydrogen (secondary N) is 1. The van der Waals surface area contributed by atoms with Gasteiger partial charge in [-0.15, -0.1) is 0 Å². The highest BCUT2D eigenvalue weighted by atomic mass is 16.5. The van der Waals surface area contributed by atoms with Gasteiger partial charge in [0.05, 0.1) is 7.11 Å². The van der Waals surface area contributed by atoms with Crippen LogP contribution in [-0.4, -0.2) is 25.0 Å². The molecule has 3 rings (SSSR count). The summed E-state index contributed by atoms with van der Waals surface area (Å²) in [5.41, 5.74) is 3.09. The molecule has 5 nitrogen and oxygen atoms in total. The molecule has 0 aliphatic heterocycles. The minimum atomic E-state index is -0.155. The third-order valence-electron chi connectivity index (χ3n) is 4.10. The Morgan fingerprint density at radius 1 is 1.08 bits per heavy atom. The molecule has 0 aliphatic rings. The van der Waals surface area contributed by atoms with Gasteiger partial charge in [-0.2, -0.15) is 0 Å². The molecule has 5 heteroatoms. The van der Waals surface area contributed by atoms with Gasteiger partial charge in [-0.25, -0.2) is 0 Å². The first kappa shape index (κ1) is 17.5. The Bertz CT molecular complexity index is 881. The van der Waals surface area contributed by atoms with Crippen molar-refractivity contribution >= 4 is 17.3 Å². The molecule has 3 aromatic rings. The number of methoxy groups -OCH3 is 1. The summed E-state index contributed by atoms with van der Waals surface area (Å²) >= 11 is 0. The normalized spacial score (nSPS) is 10.2. The lowest BCUT2D eigenvalue weighted by molar-refractivity contribution is 0.0988. The summed E-state index contributed by atoms with van der Waals surface area (Å²) in [6.45, 7) is 0.593. The fourth-order valence-corrected chi connectivity index (χ4v) is 2.64. The van der Waals surface area contributed by atoms with Crippen molar-refractivity contribution in [2.45, 2.75) is 6.54 Å².